The van der Waals surface area contributed by atoms with Crippen LogP contribution < -0.4 is 5.32 Å². The summed E-state index contributed by atoms with van der Waals surface area (Å²) in [6, 6.07) is -0.634. The number of hydrogen-bond donors (Lipinski definition) is 3. The van der Waals surface area contributed by atoms with E-state index >= 15 is 0 Å². The number of carbonyl (C=O) groups is 1. The van der Waals surface area contributed by atoms with Crippen LogP contribution in [0.5, 0.6) is 0 Å². The van der Waals surface area contributed by atoms with Crippen molar-refractivity contribution >= 4 is 5.91 Å². The average molecular weight is 830 g/mol. The highest BCUT2D eigenvalue weighted by molar-refractivity contribution is 5.76. The first-order valence-corrected chi connectivity index (χ1v) is 25.1. The van der Waals surface area contributed by atoms with Gasteiger partial charge in [0.25, 0.3) is 0 Å². The Morgan fingerprint density at radius 1 is 0.417 bits per heavy atom. The Kier molecular flexibility index (Phi) is 47.9. The highest BCUT2D eigenvalue weighted by atomic mass is 16.3. The fourth-order valence-electron chi connectivity index (χ4n) is 6.96. The third kappa shape index (κ3) is 46.1. The van der Waals surface area contributed by atoms with Gasteiger partial charge in [0.15, 0.2) is 0 Å². The summed E-state index contributed by atoms with van der Waals surface area (Å²) in [4.78, 5) is 12.4. The number of allylic oxidation sites excluding steroid dienone is 17. The van der Waals surface area contributed by atoms with Gasteiger partial charge in [-0.1, -0.05) is 239 Å². The lowest BCUT2D eigenvalue weighted by molar-refractivity contribution is -0.123. The minimum Gasteiger partial charge on any atom is -0.394 e. The van der Waals surface area contributed by atoms with E-state index in [9.17, 15) is 15.0 Å². The van der Waals surface area contributed by atoms with Crippen LogP contribution in [0, 0.1) is 0 Å². The van der Waals surface area contributed by atoms with Crippen LogP contribution in [0.4, 0.5) is 0 Å². The molecule has 2 atom stereocenters. The fourth-order valence-corrected chi connectivity index (χ4v) is 6.96. The molecule has 342 valence electrons. The lowest BCUT2D eigenvalue weighted by Crippen LogP contribution is -2.45. The van der Waals surface area contributed by atoms with Crippen molar-refractivity contribution in [3.63, 3.8) is 0 Å². The van der Waals surface area contributed by atoms with Gasteiger partial charge in [-0.15, -0.1) is 0 Å². The fraction of sp³-hybridized carbons (Fsp3) is 0.661. The molecule has 4 heteroatoms. The average Bonchev–Trinajstić information content (AvgIpc) is 3.25. The predicted octanol–water partition coefficient (Wildman–Crippen LogP) is 16.4. The van der Waals surface area contributed by atoms with Crippen molar-refractivity contribution < 1.29 is 15.0 Å². The largest absolute Gasteiger partial charge is 0.394 e. The van der Waals surface area contributed by atoms with Gasteiger partial charge in [-0.25, -0.2) is 0 Å². The monoisotopic (exact) mass is 830 g/mol. The van der Waals surface area contributed by atoms with Crippen molar-refractivity contribution in [1.29, 1.82) is 0 Å². The molecular weight excluding hydrogens is 735 g/mol. The number of rotatable bonds is 44. The van der Waals surface area contributed by atoms with Gasteiger partial charge in [0, 0.05) is 6.42 Å². The molecule has 0 fully saturated rings. The number of unbranched alkanes of at least 4 members (excludes halogenated alkanes) is 21. The molecule has 0 rings (SSSR count). The Morgan fingerprint density at radius 2 is 0.733 bits per heavy atom. The van der Waals surface area contributed by atoms with Gasteiger partial charge in [-0.3, -0.25) is 4.79 Å². The van der Waals surface area contributed by atoms with E-state index in [4.69, 9.17) is 0 Å². The Bertz CT molecular complexity index is 1170. The predicted molar refractivity (Wildman–Crippen MR) is 266 cm³/mol. The first-order chi connectivity index (χ1) is 29.7. The van der Waals surface area contributed by atoms with Crippen LogP contribution in [-0.4, -0.2) is 34.9 Å². The molecule has 2 unspecified atom stereocenters. The first-order valence-electron chi connectivity index (χ1n) is 25.1. The molecule has 0 heterocycles. The van der Waals surface area contributed by atoms with Crippen LogP contribution in [0.3, 0.4) is 0 Å². The van der Waals surface area contributed by atoms with Gasteiger partial charge in [-0.05, 0) is 83.5 Å². The van der Waals surface area contributed by atoms with Gasteiger partial charge in [0.2, 0.25) is 5.91 Å². The standard InChI is InChI=1S/C56H95NO3/c1-3-5-7-9-11-13-15-17-19-20-21-22-23-24-25-26-27-28-29-30-31-32-33-34-35-36-38-40-42-44-46-48-50-52-56(60)57-54(53-58)55(59)51-49-47-45-43-41-39-37-18-16-14-12-10-8-6-4-2/h5,7,11,13,17,19,21-22,24-25,27-28,30-31,33-34,49,51,54-55,58-59H,3-4,6,8-10,12,14-16,18,20,23,26,29,32,35-48,50,52-53H2,1-2H3,(H,57,60)/b7-5-,13-11-,19-17-,22-21-,25-24-,28-27-,31-30-,34-33-,51-49+. The van der Waals surface area contributed by atoms with Crippen molar-refractivity contribution in [3.8, 4) is 0 Å². The topological polar surface area (TPSA) is 69.6 Å². The maximum atomic E-state index is 12.4. The molecular formula is C56H95NO3. The van der Waals surface area contributed by atoms with Crippen molar-refractivity contribution in [1.82, 2.24) is 5.32 Å². The number of amides is 1. The smallest absolute Gasteiger partial charge is 0.220 e. The van der Waals surface area contributed by atoms with Crippen LogP contribution in [0.2, 0.25) is 0 Å². The van der Waals surface area contributed by atoms with E-state index < -0.39 is 12.1 Å². The van der Waals surface area contributed by atoms with E-state index in [0.717, 1.165) is 89.9 Å². The second-order valence-electron chi connectivity index (χ2n) is 16.5. The zero-order valence-corrected chi connectivity index (χ0v) is 39.2. The molecule has 0 aromatic heterocycles. The minimum atomic E-state index is -0.849. The molecule has 0 saturated carbocycles. The summed E-state index contributed by atoms with van der Waals surface area (Å²) < 4.78 is 0. The number of aliphatic hydroxyl groups is 2. The molecule has 4 nitrogen and oxygen atoms in total. The van der Waals surface area contributed by atoms with Crippen molar-refractivity contribution in [2.45, 2.75) is 231 Å². The summed E-state index contributed by atoms with van der Waals surface area (Å²) >= 11 is 0. The zero-order valence-electron chi connectivity index (χ0n) is 39.2. The Balaban J connectivity index is 3.64. The summed E-state index contributed by atoms with van der Waals surface area (Å²) in [6.45, 7) is 4.18. The van der Waals surface area contributed by atoms with Gasteiger partial charge in [0.05, 0.1) is 18.8 Å². The lowest BCUT2D eigenvalue weighted by Gasteiger charge is -2.20. The van der Waals surface area contributed by atoms with Gasteiger partial charge < -0.3 is 15.5 Å². The zero-order chi connectivity index (χ0) is 43.5. The third-order valence-electron chi connectivity index (χ3n) is 10.8. The molecule has 0 aliphatic heterocycles. The molecule has 0 bridgehead atoms. The second kappa shape index (κ2) is 50.4. The van der Waals surface area contributed by atoms with E-state index in [0.29, 0.717) is 6.42 Å². The first kappa shape index (κ1) is 57.1. The summed E-state index contributed by atoms with van der Waals surface area (Å²) in [5.74, 6) is -0.0774. The van der Waals surface area contributed by atoms with E-state index in [2.05, 4.69) is 116 Å². The molecule has 0 aliphatic carbocycles. The van der Waals surface area contributed by atoms with Gasteiger partial charge >= 0.3 is 0 Å². The summed E-state index contributed by atoms with van der Waals surface area (Å²) in [6.07, 6.45) is 76.4. The van der Waals surface area contributed by atoms with Crippen LogP contribution in [0.25, 0.3) is 0 Å². The normalized spacial score (nSPS) is 13.9. The van der Waals surface area contributed by atoms with E-state index in [-0.39, 0.29) is 12.5 Å². The molecule has 0 aliphatic rings. The second-order valence-corrected chi connectivity index (χ2v) is 16.5. The van der Waals surface area contributed by atoms with Crippen molar-refractivity contribution in [2.24, 2.45) is 0 Å². The molecule has 0 aromatic carbocycles. The van der Waals surface area contributed by atoms with Crippen molar-refractivity contribution in [3.05, 3.63) is 109 Å². The van der Waals surface area contributed by atoms with Gasteiger partial charge in [-0.2, -0.15) is 0 Å². The van der Waals surface area contributed by atoms with E-state index in [1.54, 1.807) is 6.08 Å². The Labute approximate surface area is 372 Å². The summed E-state index contributed by atoms with van der Waals surface area (Å²) in [7, 11) is 0. The molecule has 0 aromatic rings. The Morgan fingerprint density at radius 3 is 1.10 bits per heavy atom. The quantitative estimate of drug-likeness (QED) is 0.0423. The number of aliphatic hydroxyl groups excluding tert-OH is 2. The highest BCUT2D eigenvalue weighted by Crippen LogP contribution is 2.14. The van der Waals surface area contributed by atoms with E-state index in [1.165, 1.54) is 109 Å². The van der Waals surface area contributed by atoms with Crippen LogP contribution in [0.1, 0.15) is 219 Å². The van der Waals surface area contributed by atoms with Gasteiger partial charge in [0.1, 0.15) is 0 Å². The molecule has 1 amide bonds. The highest BCUT2D eigenvalue weighted by Gasteiger charge is 2.17. The maximum Gasteiger partial charge on any atom is 0.220 e. The SMILES string of the molecule is CC/C=C\C/C=C\C/C=C\C/C=C\C/C=C\C/C=C\C/C=C\C/C=C\CCCCCCCCCCC(=O)NC(CO)C(O)/C=C/CCCCCCCCCCCCCCC. The third-order valence-corrected chi connectivity index (χ3v) is 10.8. The molecule has 60 heavy (non-hydrogen) atoms. The number of carbonyl (C=O) groups excluding carboxylic acids is 1. The maximum absolute atomic E-state index is 12.4. The number of hydrogen-bond acceptors (Lipinski definition) is 3. The Hall–Kier alpha value is -2.95. The molecule has 0 spiro atoms. The van der Waals surface area contributed by atoms with Crippen LogP contribution >= 0.6 is 0 Å². The summed E-state index contributed by atoms with van der Waals surface area (Å²) in [5.41, 5.74) is 0. The summed E-state index contributed by atoms with van der Waals surface area (Å²) in [5, 5.41) is 23.1. The molecule has 0 saturated heterocycles. The minimum absolute atomic E-state index is 0.0774. The van der Waals surface area contributed by atoms with Crippen LogP contribution in [0.15, 0.2) is 109 Å². The van der Waals surface area contributed by atoms with Crippen molar-refractivity contribution in [2.75, 3.05) is 6.61 Å². The van der Waals surface area contributed by atoms with Crippen LogP contribution in [-0.2, 0) is 4.79 Å². The van der Waals surface area contributed by atoms with E-state index in [1.807, 2.05) is 6.08 Å². The lowest BCUT2D eigenvalue weighted by atomic mass is 10.0. The molecule has 3 N–H and O–H groups in total. The molecule has 0 radical (unpaired) electrons. The number of nitrogens with one attached hydrogen (secondary N) is 1.